The molecule has 5 nitrogen and oxygen atoms in total. The van der Waals surface area contributed by atoms with Gasteiger partial charge in [-0.2, -0.15) is 13.2 Å². The van der Waals surface area contributed by atoms with Crippen molar-refractivity contribution in [1.82, 2.24) is 14.4 Å². The zero-order chi connectivity index (χ0) is 18.9. The lowest BCUT2D eigenvalue weighted by atomic mass is 10.1. The Balaban J connectivity index is 2.03. The fourth-order valence-corrected chi connectivity index (χ4v) is 2.64. The number of hydrogen-bond donors (Lipinski definition) is 2. The number of rotatable bonds is 5. The standard InChI is InChI=1S/C18H18F3N5/c1-3-12-6-14(25-10-18(19,20)21)13(7-23-12)17(22)15-8-24-16-5-4-11(2)9-26(15)16/h4-9,22H,3,10H2,1-2H3,(H,23,25). The third-order valence-electron chi connectivity index (χ3n) is 3.98. The first-order valence-electron chi connectivity index (χ1n) is 8.11. The number of aryl methyl sites for hydroxylation is 2. The lowest BCUT2D eigenvalue weighted by molar-refractivity contribution is -0.115. The van der Waals surface area contributed by atoms with Crippen LogP contribution in [0.25, 0.3) is 5.65 Å². The highest BCUT2D eigenvalue weighted by atomic mass is 19.4. The van der Waals surface area contributed by atoms with Crippen LogP contribution in [0, 0.1) is 12.3 Å². The number of halogens is 3. The molecule has 0 bridgehead atoms. The Morgan fingerprint density at radius 1 is 1.23 bits per heavy atom. The van der Waals surface area contributed by atoms with E-state index in [2.05, 4.69) is 15.3 Å². The Kier molecular flexibility index (Phi) is 4.67. The van der Waals surface area contributed by atoms with Crippen LogP contribution in [0.4, 0.5) is 18.9 Å². The van der Waals surface area contributed by atoms with Crippen LogP contribution in [0.2, 0.25) is 0 Å². The molecular weight excluding hydrogens is 343 g/mol. The van der Waals surface area contributed by atoms with Crippen LogP contribution in [0.1, 0.15) is 29.4 Å². The van der Waals surface area contributed by atoms with E-state index in [9.17, 15) is 13.2 Å². The van der Waals surface area contributed by atoms with Crippen molar-refractivity contribution in [2.24, 2.45) is 0 Å². The number of pyridine rings is 2. The van der Waals surface area contributed by atoms with Crippen molar-refractivity contribution >= 4 is 17.0 Å². The maximum absolute atomic E-state index is 12.6. The van der Waals surface area contributed by atoms with Crippen molar-refractivity contribution in [2.75, 3.05) is 11.9 Å². The topological polar surface area (TPSA) is 66.1 Å². The molecule has 3 rings (SSSR count). The van der Waals surface area contributed by atoms with E-state index in [-0.39, 0.29) is 11.4 Å². The van der Waals surface area contributed by atoms with E-state index in [0.29, 0.717) is 29.0 Å². The summed E-state index contributed by atoms with van der Waals surface area (Å²) in [5.41, 5.74) is 3.39. The highest BCUT2D eigenvalue weighted by Gasteiger charge is 2.27. The molecule has 0 radical (unpaired) electrons. The Morgan fingerprint density at radius 3 is 2.69 bits per heavy atom. The third-order valence-corrected chi connectivity index (χ3v) is 3.98. The molecule has 0 aliphatic carbocycles. The van der Waals surface area contributed by atoms with Gasteiger partial charge in [0.2, 0.25) is 0 Å². The van der Waals surface area contributed by atoms with E-state index in [1.165, 1.54) is 6.20 Å². The fraction of sp³-hybridized carbons (Fsp3) is 0.278. The molecule has 136 valence electrons. The summed E-state index contributed by atoms with van der Waals surface area (Å²) in [7, 11) is 0. The molecule has 8 heteroatoms. The SMILES string of the molecule is CCc1cc(NCC(F)(F)F)c(C(=N)c2cnc3ccc(C)cn23)cn1. The highest BCUT2D eigenvalue weighted by molar-refractivity contribution is 6.13. The van der Waals surface area contributed by atoms with Crippen LogP contribution in [-0.4, -0.2) is 32.8 Å². The molecule has 3 aromatic rings. The molecular formula is C18H18F3N5. The van der Waals surface area contributed by atoms with Gasteiger partial charge in [0.1, 0.15) is 12.2 Å². The first kappa shape index (κ1) is 17.9. The van der Waals surface area contributed by atoms with E-state index < -0.39 is 12.7 Å². The van der Waals surface area contributed by atoms with Crippen molar-refractivity contribution in [1.29, 1.82) is 5.41 Å². The quantitative estimate of drug-likeness (QED) is 0.675. The molecule has 0 aliphatic rings. The van der Waals surface area contributed by atoms with Crippen molar-refractivity contribution in [3.8, 4) is 0 Å². The number of nitrogens with zero attached hydrogens (tertiary/aromatic N) is 3. The maximum Gasteiger partial charge on any atom is 0.405 e. The number of fused-ring (bicyclic) bond motifs is 1. The Hall–Kier alpha value is -2.90. The molecule has 0 spiro atoms. The van der Waals surface area contributed by atoms with Crippen molar-refractivity contribution < 1.29 is 13.2 Å². The first-order chi connectivity index (χ1) is 12.3. The Labute approximate surface area is 148 Å². The molecule has 2 N–H and O–H groups in total. The smallest absolute Gasteiger partial charge is 0.376 e. The summed E-state index contributed by atoms with van der Waals surface area (Å²) < 4.78 is 39.7. The number of imidazole rings is 1. The van der Waals surface area contributed by atoms with Gasteiger partial charge in [-0.15, -0.1) is 0 Å². The molecule has 0 aromatic carbocycles. The summed E-state index contributed by atoms with van der Waals surface area (Å²) in [4.78, 5) is 8.50. The molecule has 26 heavy (non-hydrogen) atoms. The van der Waals surface area contributed by atoms with Crippen LogP contribution in [0.5, 0.6) is 0 Å². The molecule has 0 fully saturated rings. The van der Waals surface area contributed by atoms with E-state index >= 15 is 0 Å². The number of anilines is 1. The predicted molar refractivity (Wildman–Crippen MR) is 94.0 cm³/mol. The summed E-state index contributed by atoms with van der Waals surface area (Å²) in [5, 5.41) is 10.9. The summed E-state index contributed by atoms with van der Waals surface area (Å²) in [5.74, 6) is 0. The Bertz CT molecular complexity index is 959. The van der Waals surface area contributed by atoms with E-state index in [1.54, 1.807) is 16.7 Å². The van der Waals surface area contributed by atoms with Gasteiger partial charge in [-0.3, -0.25) is 14.8 Å². The minimum Gasteiger partial charge on any atom is -0.376 e. The predicted octanol–water partition coefficient (Wildman–Crippen LogP) is 3.99. The fourth-order valence-electron chi connectivity index (χ4n) is 2.64. The van der Waals surface area contributed by atoms with Gasteiger partial charge < -0.3 is 5.32 Å². The van der Waals surface area contributed by atoms with E-state index in [0.717, 1.165) is 5.56 Å². The van der Waals surface area contributed by atoms with Crippen molar-refractivity contribution in [3.63, 3.8) is 0 Å². The third kappa shape index (κ3) is 3.68. The highest BCUT2D eigenvalue weighted by Crippen LogP contribution is 2.23. The van der Waals surface area contributed by atoms with Gasteiger partial charge in [0, 0.05) is 29.3 Å². The summed E-state index contributed by atoms with van der Waals surface area (Å²) in [6.45, 7) is 2.61. The summed E-state index contributed by atoms with van der Waals surface area (Å²) in [6, 6.07) is 5.29. The van der Waals surface area contributed by atoms with Gasteiger partial charge in [0.15, 0.2) is 0 Å². The average Bonchev–Trinajstić information content (AvgIpc) is 3.01. The molecule has 0 aliphatic heterocycles. The monoisotopic (exact) mass is 361 g/mol. The molecule has 0 atom stereocenters. The van der Waals surface area contributed by atoms with Gasteiger partial charge >= 0.3 is 6.18 Å². The van der Waals surface area contributed by atoms with Gasteiger partial charge in [-0.1, -0.05) is 13.0 Å². The molecule has 3 heterocycles. The Morgan fingerprint density at radius 2 is 2.00 bits per heavy atom. The van der Waals surface area contributed by atoms with Gasteiger partial charge in [-0.05, 0) is 31.0 Å². The second-order valence-electron chi connectivity index (χ2n) is 6.00. The molecule has 0 saturated carbocycles. The summed E-state index contributed by atoms with van der Waals surface area (Å²) >= 11 is 0. The van der Waals surface area contributed by atoms with Crippen LogP contribution in [0.3, 0.4) is 0 Å². The van der Waals surface area contributed by atoms with Gasteiger partial charge in [0.05, 0.1) is 17.6 Å². The van der Waals surface area contributed by atoms with Crippen LogP contribution in [0.15, 0.2) is 36.8 Å². The van der Waals surface area contributed by atoms with E-state index in [4.69, 9.17) is 5.41 Å². The minimum absolute atomic E-state index is 0.0583. The van der Waals surface area contributed by atoms with Crippen LogP contribution >= 0.6 is 0 Å². The zero-order valence-electron chi connectivity index (χ0n) is 14.4. The molecule has 3 aromatic heterocycles. The second kappa shape index (κ2) is 6.78. The average molecular weight is 361 g/mol. The maximum atomic E-state index is 12.6. The van der Waals surface area contributed by atoms with Crippen molar-refractivity contribution in [3.05, 3.63) is 59.3 Å². The number of alkyl halides is 3. The molecule has 0 unspecified atom stereocenters. The normalized spacial score (nSPS) is 11.7. The minimum atomic E-state index is -4.35. The lowest BCUT2D eigenvalue weighted by Gasteiger charge is -2.15. The van der Waals surface area contributed by atoms with Crippen LogP contribution in [-0.2, 0) is 6.42 Å². The number of aromatic nitrogens is 3. The molecule has 0 saturated heterocycles. The first-order valence-corrected chi connectivity index (χ1v) is 8.11. The summed E-state index contributed by atoms with van der Waals surface area (Å²) in [6.07, 6.45) is 1.05. The molecule has 0 amide bonds. The largest absolute Gasteiger partial charge is 0.405 e. The number of hydrogen-bond acceptors (Lipinski definition) is 4. The van der Waals surface area contributed by atoms with Gasteiger partial charge in [-0.25, -0.2) is 4.98 Å². The second-order valence-corrected chi connectivity index (χ2v) is 6.00. The van der Waals surface area contributed by atoms with Crippen molar-refractivity contribution in [2.45, 2.75) is 26.4 Å². The number of nitrogens with one attached hydrogen (secondary N) is 2. The lowest BCUT2D eigenvalue weighted by Crippen LogP contribution is -2.23. The van der Waals surface area contributed by atoms with Gasteiger partial charge in [0.25, 0.3) is 0 Å². The zero-order valence-corrected chi connectivity index (χ0v) is 14.4. The van der Waals surface area contributed by atoms with E-state index in [1.807, 2.05) is 32.2 Å². The van der Waals surface area contributed by atoms with Crippen LogP contribution < -0.4 is 5.32 Å².